The van der Waals surface area contributed by atoms with Gasteiger partial charge < -0.3 is 13.3 Å². The third kappa shape index (κ3) is 3.37. The number of nitriles is 1. The zero-order chi connectivity index (χ0) is 19.7. The standard InChI is InChI=1S/C21H12Br2N2O3/c1-12-15(22)8-13(9-16(12)23)11-25-21-14(10-24)19(17-4-2-6-26-17)20(28-21)18-5-3-7-27-18/h2-9,11H,1H3. The minimum atomic E-state index is 0.188. The second-order valence-electron chi connectivity index (χ2n) is 5.92. The molecule has 0 radical (unpaired) electrons. The molecule has 0 bridgehead atoms. The van der Waals surface area contributed by atoms with Crippen LogP contribution in [0.1, 0.15) is 16.7 Å². The van der Waals surface area contributed by atoms with Crippen molar-refractivity contribution in [2.45, 2.75) is 6.92 Å². The van der Waals surface area contributed by atoms with Crippen molar-refractivity contribution in [3.8, 4) is 28.9 Å². The Kier molecular flexibility index (Phi) is 5.07. The fourth-order valence-electron chi connectivity index (χ4n) is 2.72. The number of hydrogen-bond acceptors (Lipinski definition) is 5. The molecule has 0 unspecified atom stereocenters. The molecule has 0 spiro atoms. The summed E-state index contributed by atoms with van der Waals surface area (Å²) in [5.74, 6) is 1.59. The van der Waals surface area contributed by atoms with Crippen molar-refractivity contribution >= 4 is 44.0 Å². The van der Waals surface area contributed by atoms with E-state index in [4.69, 9.17) is 13.3 Å². The van der Waals surface area contributed by atoms with E-state index in [1.54, 1.807) is 43.0 Å². The Morgan fingerprint density at radius 1 is 1.04 bits per heavy atom. The SMILES string of the molecule is Cc1c(Br)cc(C=Nc2oc(-c3ccco3)c(-c3ccco3)c2C#N)cc1Br. The molecule has 0 aliphatic heterocycles. The van der Waals surface area contributed by atoms with Crippen LogP contribution in [0.5, 0.6) is 0 Å². The lowest BCUT2D eigenvalue weighted by molar-refractivity contribution is 0.527. The molecule has 0 saturated heterocycles. The highest BCUT2D eigenvalue weighted by atomic mass is 79.9. The van der Waals surface area contributed by atoms with E-state index in [2.05, 4.69) is 42.9 Å². The van der Waals surface area contributed by atoms with Gasteiger partial charge in [-0.25, -0.2) is 4.99 Å². The molecule has 0 fully saturated rings. The minimum Gasteiger partial charge on any atom is -0.464 e. The molecule has 3 heterocycles. The quantitative estimate of drug-likeness (QED) is 0.277. The van der Waals surface area contributed by atoms with E-state index in [1.165, 1.54) is 0 Å². The fourth-order valence-corrected chi connectivity index (χ4v) is 3.95. The van der Waals surface area contributed by atoms with Crippen molar-refractivity contribution in [2.24, 2.45) is 4.99 Å². The van der Waals surface area contributed by atoms with Gasteiger partial charge in [0.25, 0.3) is 0 Å². The third-order valence-corrected chi connectivity index (χ3v) is 5.80. The number of hydrogen-bond donors (Lipinski definition) is 0. The van der Waals surface area contributed by atoms with Gasteiger partial charge in [-0.3, -0.25) is 0 Å². The van der Waals surface area contributed by atoms with Crippen molar-refractivity contribution in [3.05, 3.63) is 74.6 Å². The fraction of sp³-hybridized carbons (Fsp3) is 0.0476. The zero-order valence-electron chi connectivity index (χ0n) is 14.6. The summed E-state index contributed by atoms with van der Waals surface area (Å²) in [6, 6.07) is 13.1. The van der Waals surface area contributed by atoms with Crippen molar-refractivity contribution < 1.29 is 13.3 Å². The van der Waals surface area contributed by atoms with E-state index in [-0.39, 0.29) is 11.4 Å². The van der Waals surface area contributed by atoms with Crippen molar-refractivity contribution in [1.82, 2.24) is 0 Å². The molecule has 0 saturated carbocycles. The van der Waals surface area contributed by atoms with E-state index in [1.807, 2.05) is 19.1 Å². The molecule has 28 heavy (non-hydrogen) atoms. The molecule has 0 amide bonds. The second kappa shape index (κ2) is 7.66. The zero-order valence-corrected chi connectivity index (χ0v) is 17.7. The maximum Gasteiger partial charge on any atom is 0.238 e. The summed E-state index contributed by atoms with van der Waals surface area (Å²) in [5.41, 5.74) is 2.74. The highest BCUT2D eigenvalue weighted by Crippen LogP contribution is 2.42. The van der Waals surface area contributed by atoms with Gasteiger partial charge in [0, 0.05) is 15.2 Å². The Morgan fingerprint density at radius 2 is 1.68 bits per heavy atom. The van der Waals surface area contributed by atoms with Crippen molar-refractivity contribution in [1.29, 1.82) is 5.26 Å². The Balaban J connectivity index is 1.84. The number of benzene rings is 1. The van der Waals surface area contributed by atoms with Gasteiger partial charge in [-0.2, -0.15) is 5.26 Å². The summed E-state index contributed by atoms with van der Waals surface area (Å²) in [7, 11) is 0. The van der Waals surface area contributed by atoms with Gasteiger partial charge in [-0.05, 0) is 54.4 Å². The van der Waals surface area contributed by atoms with Crippen LogP contribution in [0.25, 0.3) is 22.8 Å². The van der Waals surface area contributed by atoms with E-state index in [0.717, 1.165) is 20.1 Å². The highest BCUT2D eigenvalue weighted by Gasteiger charge is 2.26. The van der Waals surface area contributed by atoms with Crippen LogP contribution in [-0.2, 0) is 0 Å². The lowest BCUT2D eigenvalue weighted by atomic mass is 10.1. The van der Waals surface area contributed by atoms with Crippen LogP contribution < -0.4 is 0 Å². The molecule has 138 valence electrons. The molecule has 4 aromatic rings. The number of aliphatic imine (C=N–C) groups is 1. The molecule has 1 aromatic carbocycles. The highest BCUT2D eigenvalue weighted by molar-refractivity contribution is 9.11. The monoisotopic (exact) mass is 498 g/mol. The van der Waals surface area contributed by atoms with Gasteiger partial charge >= 0.3 is 0 Å². The number of halogens is 2. The summed E-state index contributed by atoms with van der Waals surface area (Å²) in [4.78, 5) is 4.42. The van der Waals surface area contributed by atoms with Gasteiger partial charge in [0.1, 0.15) is 17.4 Å². The summed E-state index contributed by atoms with van der Waals surface area (Å²) < 4.78 is 18.8. The largest absolute Gasteiger partial charge is 0.464 e. The molecule has 5 nitrogen and oxygen atoms in total. The maximum absolute atomic E-state index is 9.76. The Labute approximate surface area is 177 Å². The minimum absolute atomic E-state index is 0.188. The summed E-state index contributed by atoms with van der Waals surface area (Å²) >= 11 is 7.05. The second-order valence-corrected chi connectivity index (χ2v) is 7.63. The maximum atomic E-state index is 9.76. The van der Waals surface area contributed by atoms with Crippen LogP contribution in [0.15, 0.2) is 76.1 Å². The first-order valence-electron chi connectivity index (χ1n) is 8.23. The topological polar surface area (TPSA) is 75.6 Å². The average molecular weight is 500 g/mol. The summed E-state index contributed by atoms with van der Waals surface area (Å²) in [5, 5.41) is 9.76. The predicted molar refractivity (Wildman–Crippen MR) is 113 cm³/mol. The lowest BCUT2D eigenvalue weighted by Gasteiger charge is -2.02. The molecular formula is C21H12Br2N2O3. The predicted octanol–water partition coefficient (Wildman–Crippen LogP) is 7.26. The number of furan rings is 3. The van der Waals surface area contributed by atoms with Crippen molar-refractivity contribution in [3.63, 3.8) is 0 Å². The van der Waals surface area contributed by atoms with Crippen LogP contribution in [-0.4, -0.2) is 6.21 Å². The lowest BCUT2D eigenvalue weighted by Crippen LogP contribution is -1.86. The van der Waals surface area contributed by atoms with Gasteiger partial charge in [0.05, 0.1) is 18.1 Å². The van der Waals surface area contributed by atoms with Crippen LogP contribution in [0.2, 0.25) is 0 Å². The molecule has 7 heteroatoms. The van der Waals surface area contributed by atoms with Crippen molar-refractivity contribution in [2.75, 3.05) is 0 Å². The first-order valence-corrected chi connectivity index (χ1v) is 9.81. The van der Waals surface area contributed by atoms with Crippen LogP contribution in [0.4, 0.5) is 5.88 Å². The van der Waals surface area contributed by atoms with Crippen LogP contribution in [0.3, 0.4) is 0 Å². The van der Waals surface area contributed by atoms with E-state index in [0.29, 0.717) is 22.8 Å². The molecular weight excluding hydrogens is 488 g/mol. The summed E-state index contributed by atoms with van der Waals surface area (Å²) in [6.45, 7) is 2.00. The van der Waals surface area contributed by atoms with Gasteiger partial charge in [0.15, 0.2) is 11.5 Å². The van der Waals surface area contributed by atoms with Gasteiger partial charge in [-0.1, -0.05) is 31.9 Å². The van der Waals surface area contributed by atoms with Crippen LogP contribution >= 0.6 is 31.9 Å². The molecule has 0 N–H and O–H groups in total. The first kappa shape index (κ1) is 18.5. The van der Waals surface area contributed by atoms with Crippen LogP contribution in [0, 0.1) is 18.3 Å². The third-order valence-electron chi connectivity index (χ3n) is 4.15. The Hall–Kier alpha value is -2.82. The normalized spacial score (nSPS) is 11.2. The first-order chi connectivity index (χ1) is 13.6. The molecule has 0 aliphatic carbocycles. The molecule has 0 atom stereocenters. The van der Waals surface area contributed by atoms with E-state index in [9.17, 15) is 5.26 Å². The van der Waals surface area contributed by atoms with E-state index >= 15 is 0 Å². The molecule has 0 aliphatic rings. The Morgan fingerprint density at radius 3 is 2.25 bits per heavy atom. The summed E-state index contributed by atoms with van der Waals surface area (Å²) in [6.07, 6.45) is 4.73. The van der Waals surface area contributed by atoms with Gasteiger partial charge in [-0.15, -0.1) is 0 Å². The number of rotatable bonds is 4. The number of nitrogens with zero attached hydrogens (tertiary/aromatic N) is 2. The molecule has 4 rings (SSSR count). The Bertz CT molecular complexity index is 1170. The smallest absolute Gasteiger partial charge is 0.238 e. The average Bonchev–Trinajstić information content (AvgIpc) is 3.43. The van der Waals surface area contributed by atoms with E-state index < -0.39 is 0 Å². The molecule has 3 aromatic heterocycles. The van der Waals surface area contributed by atoms with Gasteiger partial charge in [0.2, 0.25) is 5.88 Å².